The first-order valence-corrected chi connectivity index (χ1v) is 8.00. The standard InChI is InChI=1S/C17H34/c1-4-7-9-11-12-14-16-17(6-3)15-13-10-8-5-2/h12,14,17H,4-11,13,15-16H2,1-3H3. The molecule has 0 amide bonds. The van der Waals surface area contributed by atoms with Crippen molar-refractivity contribution in [3.8, 4) is 0 Å². The molecule has 0 heteroatoms. The maximum atomic E-state index is 2.43. The van der Waals surface area contributed by atoms with E-state index in [0.717, 1.165) is 5.92 Å². The van der Waals surface area contributed by atoms with Crippen LogP contribution in [0.4, 0.5) is 0 Å². The molecule has 0 heterocycles. The highest BCUT2D eigenvalue weighted by atomic mass is 14.1. The molecule has 102 valence electrons. The molecule has 0 radical (unpaired) electrons. The van der Waals surface area contributed by atoms with Gasteiger partial charge in [0.2, 0.25) is 0 Å². The smallest absolute Gasteiger partial charge is 0.0322 e. The number of rotatable bonds is 12. The van der Waals surface area contributed by atoms with Crippen LogP contribution in [-0.2, 0) is 0 Å². The topological polar surface area (TPSA) is 0 Å². The third kappa shape index (κ3) is 12.0. The van der Waals surface area contributed by atoms with Gasteiger partial charge >= 0.3 is 0 Å². The van der Waals surface area contributed by atoms with Crippen molar-refractivity contribution in [2.24, 2.45) is 5.92 Å². The molecular formula is C17H34. The van der Waals surface area contributed by atoms with Gasteiger partial charge in [-0.25, -0.2) is 0 Å². The minimum absolute atomic E-state index is 0.939. The predicted octanol–water partition coefficient (Wildman–Crippen LogP) is 6.51. The third-order valence-electron chi connectivity index (χ3n) is 3.65. The minimum atomic E-state index is 0.939. The average Bonchev–Trinajstić information content (AvgIpc) is 2.36. The Balaban J connectivity index is 3.45. The number of unbranched alkanes of at least 4 members (excludes halogenated alkanes) is 6. The molecule has 1 atom stereocenters. The highest BCUT2D eigenvalue weighted by Gasteiger charge is 2.03. The fourth-order valence-corrected chi connectivity index (χ4v) is 2.27. The molecule has 0 N–H and O–H groups in total. The lowest BCUT2D eigenvalue weighted by molar-refractivity contribution is 0.445. The fraction of sp³-hybridized carbons (Fsp3) is 0.882. The summed E-state index contributed by atoms with van der Waals surface area (Å²) in [5, 5.41) is 0. The van der Waals surface area contributed by atoms with Gasteiger partial charge in [-0.15, -0.1) is 0 Å². The summed E-state index contributed by atoms with van der Waals surface area (Å²) in [5.41, 5.74) is 0. The van der Waals surface area contributed by atoms with Gasteiger partial charge in [-0.1, -0.05) is 84.3 Å². The van der Waals surface area contributed by atoms with Crippen LogP contribution in [0.2, 0.25) is 0 Å². The summed E-state index contributed by atoms with van der Waals surface area (Å²) in [6.07, 6.45) is 20.0. The Morgan fingerprint density at radius 1 is 0.765 bits per heavy atom. The molecule has 0 aromatic rings. The van der Waals surface area contributed by atoms with E-state index in [1.807, 2.05) is 0 Å². The molecule has 1 unspecified atom stereocenters. The number of hydrogen-bond donors (Lipinski definition) is 0. The monoisotopic (exact) mass is 238 g/mol. The first kappa shape index (κ1) is 16.7. The summed E-state index contributed by atoms with van der Waals surface area (Å²) in [7, 11) is 0. The molecular weight excluding hydrogens is 204 g/mol. The van der Waals surface area contributed by atoms with Crippen molar-refractivity contribution in [2.45, 2.75) is 91.4 Å². The van der Waals surface area contributed by atoms with Crippen molar-refractivity contribution in [2.75, 3.05) is 0 Å². The average molecular weight is 238 g/mol. The van der Waals surface area contributed by atoms with Gasteiger partial charge in [0, 0.05) is 0 Å². The van der Waals surface area contributed by atoms with Gasteiger partial charge in [0.25, 0.3) is 0 Å². The largest absolute Gasteiger partial charge is 0.0885 e. The Bertz CT molecular complexity index is 157. The summed E-state index contributed by atoms with van der Waals surface area (Å²) >= 11 is 0. The van der Waals surface area contributed by atoms with Crippen LogP contribution < -0.4 is 0 Å². The van der Waals surface area contributed by atoms with Crippen LogP contribution in [-0.4, -0.2) is 0 Å². The second kappa shape index (κ2) is 13.8. The third-order valence-corrected chi connectivity index (χ3v) is 3.65. The normalized spacial score (nSPS) is 13.4. The Morgan fingerprint density at radius 2 is 1.47 bits per heavy atom. The van der Waals surface area contributed by atoms with Gasteiger partial charge in [-0.2, -0.15) is 0 Å². The van der Waals surface area contributed by atoms with Crippen LogP contribution in [0.25, 0.3) is 0 Å². The van der Waals surface area contributed by atoms with E-state index in [4.69, 9.17) is 0 Å². The zero-order valence-corrected chi connectivity index (χ0v) is 12.5. The molecule has 0 aromatic carbocycles. The van der Waals surface area contributed by atoms with Crippen molar-refractivity contribution in [1.82, 2.24) is 0 Å². The summed E-state index contributed by atoms with van der Waals surface area (Å²) in [5.74, 6) is 0.939. The van der Waals surface area contributed by atoms with E-state index >= 15 is 0 Å². The molecule has 0 spiro atoms. The molecule has 0 aliphatic heterocycles. The van der Waals surface area contributed by atoms with Gasteiger partial charge in [0.1, 0.15) is 0 Å². The van der Waals surface area contributed by atoms with Crippen LogP contribution in [0, 0.1) is 5.92 Å². The van der Waals surface area contributed by atoms with E-state index in [9.17, 15) is 0 Å². The van der Waals surface area contributed by atoms with Crippen LogP contribution in [0.3, 0.4) is 0 Å². The second-order valence-electron chi connectivity index (χ2n) is 5.33. The van der Waals surface area contributed by atoms with E-state index in [0.29, 0.717) is 0 Å². The van der Waals surface area contributed by atoms with Crippen LogP contribution in [0.5, 0.6) is 0 Å². The molecule has 0 nitrogen and oxygen atoms in total. The Hall–Kier alpha value is -0.260. The SMILES string of the molecule is CCCCCC=CCC(CC)CCCCCC. The Morgan fingerprint density at radius 3 is 2.12 bits per heavy atom. The highest BCUT2D eigenvalue weighted by molar-refractivity contribution is 4.83. The van der Waals surface area contributed by atoms with Gasteiger partial charge in [-0.05, 0) is 25.2 Å². The summed E-state index contributed by atoms with van der Waals surface area (Å²) < 4.78 is 0. The maximum absolute atomic E-state index is 2.43. The van der Waals surface area contributed by atoms with E-state index in [2.05, 4.69) is 32.9 Å². The fourth-order valence-electron chi connectivity index (χ4n) is 2.27. The molecule has 17 heavy (non-hydrogen) atoms. The van der Waals surface area contributed by atoms with Gasteiger partial charge in [-0.3, -0.25) is 0 Å². The molecule has 0 aliphatic rings. The number of hydrogen-bond acceptors (Lipinski definition) is 0. The van der Waals surface area contributed by atoms with Crippen LogP contribution >= 0.6 is 0 Å². The van der Waals surface area contributed by atoms with E-state index in [-0.39, 0.29) is 0 Å². The van der Waals surface area contributed by atoms with Crippen molar-refractivity contribution in [3.05, 3.63) is 12.2 Å². The number of allylic oxidation sites excluding steroid dienone is 2. The van der Waals surface area contributed by atoms with E-state index in [1.165, 1.54) is 70.6 Å². The molecule has 0 bridgehead atoms. The molecule has 0 rings (SSSR count). The molecule has 0 aromatic heterocycles. The summed E-state index contributed by atoms with van der Waals surface area (Å²) in [6.45, 7) is 6.90. The predicted molar refractivity (Wildman–Crippen MR) is 80.4 cm³/mol. The summed E-state index contributed by atoms with van der Waals surface area (Å²) in [6, 6.07) is 0. The first-order valence-electron chi connectivity index (χ1n) is 8.00. The zero-order valence-electron chi connectivity index (χ0n) is 12.5. The lowest BCUT2D eigenvalue weighted by atomic mass is 9.94. The van der Waals surface area contributed by atoms with E-state index < -0.39 is 0 Å². The van der Waals surface area contributed by atoms with Crippen molar-refractivity contribution in [1.29, 1.82) is 0 Å². The molecule has 0 fully saturated rings. The van der Waals surface area contributed by atoms with Gasteiger partial charge < -0.3 is 0 Å². The van der Waals surface area contributed by atoms with Crippen molar-refractivity contribution in [3.63, 3.8) is 0 Å². The Kier molecular flexibility index (Phi) is 13.6. The van der Waals surface area contributed by atoms with Crippen LogP contribution in [0.15, 0.2) is 12.2 Å². The Labute approximate surface area is 110 Å². The highest BCUT2D eigenvalue weighted by Crippen LogP contribution is 2.18. The van der Waals surface area contributed by atoms with Crippen LogP contribution in [0.1, 0.15) is 91.4 Å². The summed E-state index contributed by atoms with van der Waals surface area (Å²) in [4.78, 5) is 0. The van der Waals surface area contributed by atoms with Crippen molar-refractivity contribution >= 4 is 0 Å². The molecule has 0 aliphatic carbocycles. The first-order chi connectivity index (χ1) is 8.35. The van der Waals surface area contributed by atoms with Gasteiger partial charge in [0.05, 0.1) is 0 Å². The maximum Gasteiger partial charge on any atom is -0.0322 e. The lowest BCUT2D eigenvalue weighted by Gasteiger charge is -2.11. The lowest BCUT2D eigenvalue weighted by Crippen LogP contribution is -1.97. The van der Waals surface area contributed by atoms with E-state index in [1.54, 1.807) is 0 Å². The van der Waals surface area contributed by atoms with Gasteiger partial charge in [0.15, 0.2) is 0 Å². The van der Waals surface area contributed by atoms with Crippen molar-refractivity contribution < 1.29 is 0 Å². The molecule has 0 saturated carbocycles. The quantitative estimate of drug-likeness (QED) is 0.268. The minimum Gasteiger partial charge on any atom is -0.0885 e. The zero-order chi connectivity index (χ0) is 12.8. The molecule has 0 saturated heterocycles. The second-order valence-corrected chi connectivity index (χ2v) is 5.33.